The van der Waals surface area contributed by atoms with Crippen molar-refractivity contribution in [2.24, 2.45) is 0 Å². The van der Waals surface area contributed by atoms with Gasteiger partial charge in [0.05, 0.1) is 5.02 Å². The van der Waals surface area contributed by atoms with Gasteiger partial charge in [-0.25, -0.2) is 0 Å². The Morgan fingerprint density at radius 3 is 2.78 bits per heavy atom. The van der Waals surface area contributed by atoms with Crippen LogP contribution in [0.5, 0.6) is 5.75 Å². The Balaban J connectivity index is 1.61. The molecular formula is C21H21ClN2O3. The number of nitrogens with zero attached hydrogens (tertiary/aromatic N) is 1. The van der Waals surface area contributed by atoms with Crippen molar-refractivity contribution in [1.82, 2.24) is 5.32 Å². The molecule has 0 saturated heterocycles. The van der Waals surface area contributed by atoms with Crippen molar-refractivity contribution in [2.45, 2.75) is 44.8 Å². The van der Waals surface area contributed by atoms with E-state index < -0.39 is 0 Å². The zero-order valence-electron chi connectivity index (χ0n) is 14.9. The number of para-hydroxylation sites is 1. The third-order valence-electron chi connectivity index (χ3n) is 4.48. The van der Waals surface area contributed by atoms with Crippen molar-refractivity contribution >= 4 is 23.6 Å². The van der Waals surface area contributed by atoms with Crippen LogP contribution in [-0.2, 0) is 11.4 Å². The summed E-state index contributed by atoms with van der Waals surface area (Å²) in [6.07, 6.45) is 6.83. The first kappa shape index (κ1) is 19.1. The van der Waals surface area contributed by atoms with E-state index in [1.807, 2.05) is 18.2 Å². The lowest BCUT2D eigenvalue weighted by Crippen LogP contribution is -2.36. The summed E-state index contributed by atoms with van der Waals surface area (Å²) in [7, 11) is 0. The van der Waals surface area contributed by atoms with Crippen LogP contribution in [0.25, 0.3) is 6.08 Å². The molecule has 0 radical (unpaired) electrons. The Bertz CT molecular complexity index is 860. The lowest BCUT2D eigenvalue weighted by molar-refractivity contribution is -0.117. The van der Waals surface area contributed by atoms with Gasteiger partial charge in [0.1, 0.15) is 35.5 Å². The van der Waals surface area contributed by atoms with Crippen LogP contribution in [0.1, 0.15) is 43.6 Å². The maximum atomic E-state index is 12.3. The number of carbonyl (C=O) groups is 1. The molecule has 2 aromatic rings. The number of nitriles is 1. The molecule has 1 aliphatic carbocycles. The predicted molar refractivity (Wildman–Crippen MR) is 103 cm³/mol. The lowest BCUT2D eigenvalue weighted by atomic mass is 9.95. The summed E-state index contributed by atoms with van der Waals surface area (Å²) in [5, 5.41) is 12.8. The molecule has 140 valence electrons. The van der Waals surface area contributed by atoms with Crippen LogP contribution in [0.4, 0.5) is 0 Å². The second-order valence-electron chi connectivity index (χ2n) is 6.50. The van der Waals surface area contributed by atoms with Crippen molar-refractivity contribution in [2.75, 3.05) is 0 Å². The number of amides is 1. The molecule has 1 aliphatic rings. The molecule has 0 bridgehead atoms. The number of benzene rings is 1. The maximum Gasteiger partial charge on any atom is 0.262 e. The fourth-order valence-electron chi connectivity index (χ4n) is 3.06. The van der Waals surface area contributed by atoms with E-state index in [1.165, 1.54) is 12.5 Å². The van der Waals surface area contributed by atoms with Gasteiger partial charge in [-0.3, -0.25) is 4.79 Å². The molecule has 1 aromatic heterocycles. The largest absolute Gasteiger partial charge is 0.484 e. The number of hydrogen-bond donors (Lipinski definition) is 1. The molecule has 1 heterocycles. The molecule has 1 aromatic carbocycles. The quantitative estimate of drug-likeness (QED) is 0.569. The summed E-state index contributed by atoms with van der Waals surface area (Å²) < 4.78 is 11.3. The normalized spacial score (nSPS) is 15.2. The molecule has 0 aliphatic heterocycles. The third kappa shape index (κ3) is 5.38. The smallest absolute Gasteiger partial charge is 0.262 e. The molecular weight excluding hydrogens is 364 g/mol. The molecule has 27 heavy (non-hydrogen) atoms. The number of ether oxygens (including phenoxy) is 1. The average molecular weight is 385 g/mol. The van der Waals surface area contributed by atoms with Gasteiger partial charge in [0.15, 0.2) is 0 Å². The van der Waals surface area contributed by atoms with E-state index in [0.717, 1.165) is 25.7 Å². The minimum Gasteiger partial charge on any atom is -0.484 e. The van der Waals surface area contributed by atoms with Gasteiger partial charge < -0.3 is 14.5 Å². The van der Waals surface area contributed by atoms with E-state index in [9.17, 15) is 10.1 Å². The number of rotatable bonds is 6. The Labute approximate surface area is 163 Å². The highest BCUT2D eigenvalue weighted by atomic mass is 35.5. The standard InChI is InChI=1S/C21H21ClN2O3/c22-19-8-4-5-9-20(19)26-14-18-11-10-17(27-18)12-15(13-23)21(25)24-16-6-2-1-3-7-16/h4-5,8-12,16H,1-3,6-7,14H2,(H,24,25). The zero-order valence-corrected chi connectivity index (χ0v) is 15.7. The van der Waals surface area contributed by atoms with E-state index in [0.29, 0.717) is 22.3 Å². The van der Waals surface area contributed by atoms with Crippen LogP contribution in [-0.4, -0.2) is 11.9 Å². The molecule has 0 spiro atoms. The second-order valence-corrected chi connectivity index (χ2v) is 6.91. The second kappa shape index (κ2) is 9.29. The number of furan rings is 1. The molecule has 1 fully saturated rings. The maximum absolute atomic E-state index is 12.3. The highest BCUT2D eigenvalue weighted by molar-refractivity contribution is 6.32. The zero-order chi connectivity index (χ0) is 19.1. The van der Waals surface area contributed by atoms with Crippen molar-refractivity contribution in [3.05, 3.63) is 58.5 Å². The number of carbonyl (C=O) groups excluding carboxylic acids is 1. The van der Waals surface area contributed by atoms with Crippen LogP contribution in [0.3, 0.4) is 0 Å². The number of halogens is 1. The van der Waals surface area contributed by atoms with Gasteiger partial charge in [-0.2, -0.15) is 5.26 Å². The Kier molecular flexibility index (Phi) is 6.56. The minimum absolute atomic E-state index is 0.0356. The number of hydrogen-bond acceptors (Lipinski definition) is 4. The first-order valence-electron chi connectivity index (χ1n) is 9.04. The van der Waals surface area contributed by atoms with Crippen LogP contribution >= 0.6 is 11.6 Å². The van der Waals surface area contributed by atoms with E-state index in [1.54, 1.807) is 24.3 Å². The van der Waals surface area contributed by atoms with Crippen LogP contribution in [0, 0.1) is 11.3 Å². The molecule has 1 saturated carbocycles. The first-order chi connectivity index (χ1) is 13.2. The predicted octanol–water partition coefficient (Wildman–Crippen LogP) is 4.87. The Morgan fingerprint density at radius 1 is 1.26 bits per heavy atom. The summed E-state index contributed by atoms with van der Waals surface area (Å²) in [6, 6.07) is 12.7. The highest BCUT2D eigenvalue weighted by Gasteiger charge is 2.18. The Morgan fingerprint density at radius 2 is 2.04 bits per heavy atom. The van der Waals surface area contributed by atoms with Gasteiger partial charge >= 0.3 is 0 Å². The fourth-order valence-corrected chi connectivity index (χ4v) is 3.25. The summed E-state index contributed by atoms with van der Waals surface area (Å²) in [5.74, 6) is 1.22. The first-order valence-corrected chi connectivity index (χ1v) is 9.42. The van der Waals surface area contributed by atoms with Crippen LogP contribution in [0.2, 0.25) is 5.02 Å². The third-order valence-corrected chi connectivity index (χ3v) is 4.79. The molecule has 1 amide bonds. The van der Waals surface area contributed by atoms with Gasteiger partial charge in [0, 0.05) is 12.1 Å². The minimum atomic E-state index is -0.352. The van der Waals surface area contributed by atoms with E-state index in [4.69, 9.17) is 20.8 Å². The van der Waals surface area contributed by atoms with E-state index in [2.05, 4.69) is 5.32 Å². The van der Waals surface area contributed by atoms with E-state index >= 15 is 0 Å². The summed E-state index contributed by atoms with van der Waals surface area (Å²) >= 11 is 6.05. The molecule has 0 unspecified atom stereocenters. The van der Waals surface area contributed by atoms with Crippen LogP contribution in [0.15, 0.2) is 46.4 Å². The average Bonchev–Trinajstić information content (AvgIpc) is 3.13. The summed E-state index contributed by atoms with van der Waals surface area (Å²) in [6.45, 7) is 0.202. The lowest BCUT2D eigenvalue weighted by Gasteiger charge is -2.22. The fraction of sp³-hybridized carbons (Fsp3) is 0.333. The highest BCUT2D eigenvalue weighted by Crippen LogP contribution is 2.24. The molecule has 6 heteroatoms. The van der Waals surface area contributed by atoms with Crippen molar-refractivity contribution in [3.63, 3.8) is 0 Å². The van der Waals surface area contributed by atoms with E-state index in [-0.39, 0.29) is 24.1 Å². The molecule has 0 atom stereocenters. The van der Waals surface area contributed by atoms with Gasteiger partial charge in [-0.05, 0) is 37.1 Å². The topological polar surface area (TPSA) is 75.3 Å². The van der Waals surface area contributed by atoms with Crippen molar-refractivity contribution in [1.29, 1.82) is 5.26 Å². The van der Waals surface area contributed by atoms with Gasteiger partial charge in [0.2, 0.25) is 0 Å². The summed E-state index contributed by atoms with van der Waals surface area (Å²) in [4.78, 5) is 12.3. The van der Waals surface area contributed by atoms with Gasteiger partial charge in [-0.1, -0.05) is 43.0 Å². The Hall–Kier alpha value is -2.71. The van der Waals surface area contributed by atoms with Crippen molar-refractivity contribution < 1.29 is 13.9 Å². The summed E-state index contributed by atoms with van der Waals surface area (Å²) in [5.41, 5.74) is 0.0356. The number of nitrogens with one attached hydrogen (secondary N) is 1. The van der Waals surface area contributed by atoms with Crippen molar-refractivity contribution in [3.8, 4) is 11.8 Å². The van der Waals surface area contributed by atoms with Gasteiger partial charge in [0.25, 0.3) is 5.91 Å². The molecule has 3 rings (SSSR count). The molecule has 5 nitrogen and oxygen atoms in total. The SMILES string of the molecule is N#CC(=Cc1ccc(COc2ccccc2Cl)o1)C(=O)NC1CCCCC1. The molecule has 1 N–H and O–H groups in total. The van der Waals surface area contributed by atoms with Crippen LogP contribution < -0.4 is 10.1 Å². The van der Waals surface area contributed by atoms with Gasteiger partial charge in [-0.15, -0.1) is 0 Å². The monoisotopic (exact) mass is 384 g/mol.